The molecule has 2 amide bonds. The number of thiophene rings is 1. The van der Waals surface area contributed by atoms with E-state index in [9.17, 15) is 9.59 Å². The number of amides is 2. The van der Waals surface area contributed by atoms with E-state index >= 15 is 0 Å². The standard InChI is InChI=1S/C24H18N4O4S/c1-14-21-17(12-18(20-5-3-11-33-20)27-24(21)32-28-14)22(29)25-13-15-6-8-16(9-7-15)26-23(30)19-4-2-10-31-19/h2-12H,13H2,1H3,(H,25,29)(H,26,30). The molecule has 0 unspecified atom stereocenters. The predicted molar refractivity (Wildman–Crippen MR) is 124 cm³/mol. The van der Waals surface area contributed by atoms with Crippen LogP contribution in [0.4, 0.5) is 5.69 Å². The zero-order valence-electron chi connectivity index (χ0n) is 17.5. The van der Waals surface area contributed by atoms with Crippen LogP contribution in [0.5, 0.6) is 0 Å². The first-order valence-corrected chi connectivity index (χ1v) is 11.0. The Balaban J connectivity index is 1.31. The SMILES string of the molecule is Cc1noc2nc(-c3cccs3)cc(C(=O)NCc3ccc(NC(=O)c4ccco4)cc3)c12. The lowest BCUT2D eigenvalue weighted by molar-refractivity contribution is 0.0951. The highest BCUT2D eigenvalue weighted by atomic mass is 32.1. The summed E-state index contributed by atoms with van der Waals surface area (Å²) in [7, 11) is 0. The zero-order valence-corrected chi connectivity index (χ0v) is 18.3. The van der Waals surface area contributed by atoms with E-state index in [0.29, 0.717) is 40.3 Å². The van der Waals surface area contributed by atoms with Crippen molar-refractivity contribution in [1.82, 2.24) is 15.5 Å². The number of carbonyl (C=O) groups excluding carboxylic acids is 2. The summed E-state index contributed by atoms with van der Waals surface area (Å²) >= 11 is 1.53. The van der Waals surface area contributed by atoms with Crippen LogP contribution < -0.4 is 10.6 Å². The molecule has 4 aromatic heterocycles. The highest BCUT2D eigenvalue weighted by Gasteiger charge is 2.19. The van der Waals surface area contributed by atoms with E-state index in [0.717, 1.165) is 10.4 Å². The molecule has 0 aliphatic carbocycles. The minimum absolute atomic E-state index is 0.237. The number of rotatable bonds is 6. The summed E-state index contributed by atoms with van der Waals surface area (Å²) in [6.45, 7) is 2.10. The molecular formula is C24H18N4O4S. The van der Waals surface area contributed by atoms with Crippen molar-refractivity contribution >= 4 is 39.9 Å². The molecule has 5 rings (SSSR count). The number of aryl methyl sites for hydroxylation is 1. The molecule has 0 fully saturated rings. The highest BCUT2D eigenvalue weighted by Crippen LogP contribution is 2.29. The average molecular weight is 458 g/mol. The number of hydrogen-bond acceptors (Lipinski definition) is 7. The van der Waals surface area contributed by atoms with Gasteiger partial charge in [-0.05, 0) is 54.3 Å². The molecule has 0 saturated heterocycles. The molecule has 33 heavy (non-hydrogen) atoms. The van der Waals surface area contributed by atoms with E-state index in [4.69, 9.17) is 8.94 Å². The Morgan fingerprint density at radius 1 is 1.06 bits per heavy atom. The van der Waals surface area contributed by atoms with Crippen LogP contribution in [-0.4, -0.2) is 22.0 Å². The van der Waals surface area contributed by atoms with Crippen LogP contribution in [0.1, 0.15) is 32.2 Å². The topological polar surface area (TPSA) is 110 Å². The summed E-state index contributed by atoms with van der Waals surface area (Å²) in [5.74, 6) is -0.337. The number of furan rings is 1. The van der Waals surface area contributed by atoms with Gasteiger partial charge in [-0.1, -0.05) is 23.4 Å². The minimum atomic E-state index is -0.326. The van der Waals surface area contributed by atoms with Crippen LogP contribution in [0.3, 0.4) is 0 Å². The Morgan fingerprint density at radius 2 is 1.91 bits per heavy atom. The van der Waals surface area contributed by atoms with Crippen molar-refractivity contribution in [2.24, 2.45) is 0 Å². The van der Waals surface area contributed by atoms with Gasteiger partial charge in [-0.15, -0.1) is 11.3 Å². The van der Waals surface area contributed by atoms with Crippen molar-refractivity contribution in [2.45, 2.75) is 13.5 Å². The molecule has 0 saturated carbocycles. The molecule has 2 N–H and O–H groups in total. The molecule has 0 aliphatic heterocycles. The van der Waals surface area contributed by atoms with Gasteiger partial charge in [0.05, 0.1) is 33.5 Å². The van der Waals surface area contributed by atoms with Gasteiger partial charge >= 0.3 is 0 Å². The smallest absolute Gasteiger partial charge is 0.291 e. The lowest BCUT2D eigenvalue weighted by Crippen LogP contribution is -2.23. The molecule has 0 aliphatic rings. The zero-order chi connectivity index (χ0) is 22.8. The second-order valence-corrected chi connectivity index (χ2v) is 8.24. The molecule has 9 heteroatoms. The summed E-state index contributed by atoms with van der Waals surface area (Å²) in [5.41, 5.74) is 3.57. The van der Waals surface area contributed by atoms with Gasteiger partial charge in [-0.25, -0.2) is 4.98 Å². The van der Waals surface area contributed by atoms with Gasteiger partial charge in [0.1, 0.15) is 0 Å². The second kappa shape index (κ2) is 8.71. The fraction of sp³-hybridized carbons (Fsp3) is 0.0833. The summed E-state index contributed by atoms with van der Waals surface area (Å²) in [4.78, 5) is 30.6. The van der Waals surface area contributed by atoms with Crippen LogP contribution in [-0.2, 0) is 6.54 Å². The van der Waals surface area contributed by atoms with Crippen LogP contribution in [0.15, 0.2) is 75.2 Å². The van der Waals surface area contributed by atoms with Gasteiger partial charge < -0.3 is 19.6 Å². The lowest BCUT2D eigenvalue weighted by atomic mass is 10.1. The van der Waals surface area contributed by atoms with Gasteiger partial charge in [0, 0.05) is 12.2 Å². The van der Waals surface area contributed by atoms with E-state index in [1.165, 1.54) is 17.6 Å². The van der Waals surface area contributed by atoms with Gasteiger partial charge in [0.25, 0.3) is 17.5 Å². The van der Waals surface area contributed by atoms with E-state index in [2.05, 4.69) is 20.8 Å². The van der Waals surface area contributed by atoms with E-state index in [1.807, 2.05) is 29.6 Å². The van der Waals surface area contributed by atoms with Crippen molar-refractivity contribution in [1.29, 1.82) is 0 Å². The van der Waals surface area contributed by atoms with Crippen LogP contribution >= 0.6 is 11.3 Å². The number of fused-ring (bicyclic) bond motifs is 1. The molecular weight excluding hydrogens is 440 g/mol. The molecule has 0 bridgehead atoms. The quantitative estimate of drug-likeness (QED) is 0.369. The summed E-state index contributed by atoms with van der Waals surface area (Å²) in [6.07, 6.45) is 1.45. The molecule has 0 atom stereocenters. The number of hydrogen-bond donors (Lipinski definition) is 2. The Morgan fingerprint density at radius 3 is 2.64 bits per heavy atom. The molecule has 0 radical (unpaired) electrons. The third kappa shape index (κ3) is 4.26. The Bertz CT molecular complexity index is 1420. The Kier molecular flexibility index (Phi) is 5.45. The Labute approximate surface area is 192 Å². The number of benzene rings is 1. The third-order valence-electron chi connectivity index (χ3n) is 5.05. The lowest BCUT2D eigenvalue weighted by Gasteiger charge is -2.09. The number of pyridine rings is 1. The predicted octanol–water partition coefficient (Wildman–Crippen LogP) is 5.04. The largest absolute Gasteiger partial charge is 0.459 e. The maximum absolute atomic E-state index is 13.1. The molecule has 0 spiro atoms. The normalized spacial score (nSPS) is 10.9. The van der Waals surface area contributed by atoms with E-state index in [1.54, 1.807) is 37.3 Å². The minimum Gasteiger partial charge on any atom is -0.459 e. The first-order valence-electron chi connectivity index (χ1n) is 10.1. The Hall–Kier alpha value is -4.24. The maximum Gasteiger partial charge on any atom is 0.291 e. The average Bonchev–Trinajstić information content (AvgIpc) is 3.60. The van der Waals surface area contributed by atoms with Crippen molar-refractivity contribution in [3.05, 3.63) is 88.8 Å². The summed E-state index contributed by atoms with van der Waals surface area (Å²) in [5, 5.41) is 12.2. The third-order valence-corrected chi connectivity index (χ3v) is 5.94. The maximum atomic E-state index is 13.1. The summed E-state index contributed by atoms with van der Waals surface area (Å²) in [6, 6.07) is 16.1. The van der Waals surface area contributed by atoms with Crippen LogP contribution in [0.25, 0.3) is 21.7 Å². The van der Waals surface area contributed by atoms with E-state index < -0.39 is 0 Å². The van der Waals surface area contributed by atoms with Crippen molar-refractivity contribution in [3.63, 3.8) is 0 Å². The number of anilines is 1. The number of carbonyl (C=O) groups is 2. The van der Waals surface area contributed by atoms with Crippen LogP contribution in [0, 0.1) is 6.92 Å². The number of aromatic nitrogens is 2. The van der Waals surface area contributed by atoms with Crippen molar-refractivity contribution in [2.75, 3.05) is 5.32 Å². The van der Waals surface area contributed by atoms with Gasteiger partial charge in [0.15, 0.2) is 5.76 Å². The molecule has 8 nitrogen and oxygen atoms in total. The van der Waals surface area contributed by atoms with Crippen LogP contribution in [0.2, 0.25) is 0 Å². The van der Waals surface area contributed by atoms with Gasteiger partial charge in [-0.3, -0.25) is 9.59 Å². The van der Waals surface area contributed by atoms with E-state index in [-0.39, 0.29) is 17.6 Å². The van der Waals surface area contributed by atoms with Gasteiger partial charge in [-0.2, -0.15) is 0 Å². The monoisotopic (exact) mass is 458 g/mol. The van der Waals surface area contributed by atoms with Crippen molar-refractivity contribution in [3.8, 4) is 10.6 Å². The van der Waals surface area contributed by atoms with Crippen molar-refractivity contribution < 1.29 is 18.5 Å². The molecule has 5 aromatic rings. The first kappa shape index (κ1) is 20.7. The summed E-state index contributed by atoms with van der Waals surface area (Å²) < 4.78 is 10.4. The molecule has 1 aromatic carbocycles. The molecule has 164 valence electrons. The second-order valence-electron chi connectivity index (χ2n) is 7.29. The fourth-order valence-corrected chi connectivity index (χ4v) is 4.09. The number of nitrogens with zero attached hydrogens (tertiary/aromatic N) is 2. The first-order chi connectivity index (χ1) is 16.1. The van der Waals surface area contributed by atoms with Gasteiger partial charge in [0.2, 0.25) is 0 Å². The molecule has 4 heterocycles. The number of nitrogens with one attached hydrogen (secondary N) is 2. The highest BCUT2D eigenvalue weighted by molar-refractivity contribution is 7.13. The fourth-order valence-electron chi connectivity index (χ4n) is 3.41.